The fraction of sp³-hybridized carbons (Fsp3) is 0.944. The molecule has 1 rings (SSSR count). The van der Waals surface area contributed by atoms with Gasteiger partial charge in [-0.05, 0) is 53.4 Å². The van der Waals surface area contributed by atoms with E-state index in [1.807, 2.05) is 27.7 Å². The van der Waals surface area contributed by atoms with Gasteiger partial charge in [0.25, 0.3) is 0 Å². The third-order valence-corrected chi connectivity index (χ3v) is 5.92. The van der Waals surface area contributed by atoms with Crippen LogP contribution in [0.4, 0.5) is 4.79 Å². The molecule has 4 nitrogen and oxygen atoms in total. The molecule has 5 heteroatoms. The van der Waals surface area contributed by atoms with E-state index < -0.39 is 5.60 Å². The number of amides is 1. The van der Waals surface area contributed by atoms with Gasteiger partial charge in [0.15, 0.2) is 0 Å². The van der Waals surface area contributed by atoms with Gasteiger partial charge in [-0.2, -0.15) is 0 Å². The smallest absolute Gasteiger partial charge is 0.410 e. The maximum absolute atomic E-state index is 12.4. The lowest BCUT2D eigenvalue weighted by molar-refractivity contribution is -0.111. The van der Waals surface area contributed by atoms with E-state index in [0.29, 0.717) is 25.1 Å². The van der Waals surface area contributed by atoms with E-state index >= 15 is 0 Å². The van der Waals surface area contributed by atoms with E-state index in [9.17, 15) is 4.79 Å². The number of likely N-dealkylation sites (N-methyl/N-ethyl adjacent to an activating group) is 1. The standard InChI is InChI=1S/C18H34INO3/c1-7-20(16(21)23-17(3,4)5)13-18(6,12-19)22-15-11-9-8-10-14(15)2/h14-15H,7-13H2,1-6H3. The molecule has 1 saturated carbocycles. The van der Waals surface area contributed by atoms with Crippen molar-refractivity contribution in [3.63, 3.8) is 0 Å². The van der Waals surface area contributed by atoms with Gasteiger partial charge in [-0.15, -0.1) is 0 Å². The summed E-state index contributed by atoms with van der Waals surface area (Å²) in [6.45, 7) is 13.3. The van der Waals surface area contributed by atoms with Crippen molar-refractivity contribution in [3.05, 3.63) is 0 Å². The molecule has 1 aliphatic rings. The zero-order valence-electron chi connectivity index (χ0n) is 15.7. The molecular formula is C18H34INO3. The van der Waals surface area contributed by atoms with E-state index in [1.165, 1.54) is 19.3 Å². The Hall–Kier alpha value is -0.0400. The summed E-state index contributed by atoms with van der Waals surface area (Å²) in [7, 11) is 0. The highest BCUT2D eigenvalue weighted by Crippen LogP contribution is 2.31. The minimum atomic E-state index is -0.468. The summed E-state index contributed by atoms with van der Waals surface area (Å²) in [5, 5.41) is 0. The largest absolute Gasteiger partial charge is 0.444 e. The molecule has 0 aromatic carbocycles. The van der Waals surface area contributed by atoms with Gasteiger partial charge in [0.05, 0.1) is 18.2 Å². The molecular weight excluding hydrogens is 405 g/mol. The van der Waals surface area contributed by atoms with Gasteiger partial charge in [0, 0.05) is 11.0 Å². The van der Waals surface area contributed by atoms with Gasteiger partial charge in [-0.3, -0.25) is 0 Å². The van der Waals surface area contributed by atoms with E-state index in [1.54, 1.807) is 4.90 Å². The number of carbonyl (C=O) groups excluding carboxylic acids is 1. The van der Waals surface area contributed by atoms with Crippen molar-refractivity contribution >= 4 is 28.7 Å². The van der Waals surface area contributed by atoms with Crippen LogP contribution in [-0.2, 0) is 9.47 Å². The minimum Gasteiger partial charge on any atom is -0.444 e. The van der Waals surface area contributed by atoms with Crippen molar-refractivity contribution in [2.45, 2.75) is 84.5 Å². The van der Waals surface area contributed by atoms with Crippen LogP contribution in [0.3, 0.4) is 0 Å². The molecule has 0 aromatic heterocycles. The maximum Gasteiger partial charge on any atom is 0.410 e. The fourth-order valence-electron chi connectivity index (χ4n) is 2.97. The van der Waals surface area contributed by atoms with Crippen molar-refractivity contribution in [1.82, 2.24) is 4.90 Å². The highest BCUT2D eigenvalue weighted by atomic mass is 127. The normalized spacial score (nSPS) is 24.8. The number of nitrogens with zero attached hydrogens (tertiary/aromatic N) is 1. The lowest BCUT2D eigenvalue weighted by Crippen LogP contribution is -2.50. The molecule has 1 fully saturated rings. The number of alkyl halides is 1. The van der Waals surface area contributed by atoms with E-state index in [4.69, 9.17) is 9.47 Å². The predicted molar refractivity (Wildman–Crippen MR) is 103 cm³/mol. The van der Waals surface area contributed by atoms with Crippen LogP contribution in [0, 0.1) is 5.92 Å². The second-order valence-corrected chi connectivity index (χ2v) is 8.76. The summed E-state index contributed by atoms with van der Waals surface area (Å²) in [6.07, 6.45) is 4.98. The van der Waals surface area contributed by atoms with Crippen LogP contribution in [0.2, 0.25) is 0 Å². The molecule has 0 spiro atoms. The van der Waals surface area contributed by atoms with Crippen molar-refractivity contribution in [2.75, 3.05) is 17.5 Å². The molecule has 0 bridgehead atoms. The SMILES string of the molecule is CCN(CC(C)(CI)OC1CCCCC1C)C(=O)OC(C)(C)C. The molecule has 1 aliphatic carbocycles. The summed E-state index contributed by atoms with van der Waals surface area (Å²) in [4.78, 5) is 14.1. The quantitative estimate of drug-likeness (QED) is 0.430. The Morgan fingerprint density at radius 3 is 2.30 bits per heavy atom. The van der Waals surface area contributed by atoms with Gasteiger partial charge in [0.2, 0.25) is 0 Å². The molecule has 3 unspecified atom stereocenters. The predicted octanol–water partition coefficient (Wildman–Crippen LogP) is 5.03. The first-order chi connectivity index (χ1) is 10.6. The van der Waals surface area contributed by atoms with Gasteiger partial charge < -0.3 is 14.4 Å². The summed E-state index contributed by atoms with van der Waals surface area (Å²) in [5.41, 5.74) is -0.798. The number of hydrogen-bond donors (Lipinski definition) is 0. The van der Waals surface area contributed by atoms with Crippen LogP contribution in [0.25, 0.3) is 0 Å². The number of hydrogen-bond acceptors (Lipinski definition) is 3. The Kier molecular flexibility index (Phi) is 8.11. The number of carbonyl (C=O) groups is 1. The Labute approximate surface area is 155 Å². The van der Waals surface area contributed by atoms with Crippen LogP contribution in [-0.4, -0.2) is 45.8 Å². The average molecular weight is 439 g/mol. The van der Waals surface area contributed by atoms with Crippen LogP contribution in [0.15, 0.2) is 0 Å². The van der Waals surface area contributed by atoms with E-state index in [-0.39, 0.29) is 11.7 Å². The molecule has 23 heavy (non-hydrogen) atoms. The molecule has 0 aliphatic heterocycles. The second kappa shape index (κ2) is 8.88. The fourth-order valence-corrected chi connectivity index (χ4v) is 3.39. The topological polar surface area (TPSA) is 38.8 Å². The molecule has 0 radical (unpaired) electrons. The summed E-state index contributed by atoms with van der Waals surface area (Å²) >= 11 is 2.37. The molecule has 1 amide bonds. The zero-order valence-corrected chi connectivity index (χ0v) is 17.8. The van der Waals surface area contributed by atoms with Crippen LogP contribution >= 0.6 is 22.6 Å². The molecule has 136 valence electrons. The van der Waals surface area contributed by atoms with E-state index in [2.05, 4.69) is 36.4 Å². The highest BCUT2D eigenvalue weighted by Gasteiger charge is 2.35. The summed E-state index contributed by atoms with van der Waals surface area (Å²) in [5.74, 6) is 0.600. The molecule has 0 aromatic rings. The van der Waals surface area contributed by atoms with Gasteiger partial charge in [-0.1, -0.05) is 42.4 Å². The van der Waals surface area contributed by atoms with Crippen LogP contribution in [0.1, 0.15) is 67.2 Å². The van der Waals surface area contributed by atoms with Gasteiger partial charge >= 0.3 is 6.09 Å². The van der Waals surface area contributed by atoms with Crippen LogP contribution in [0.5, 0.6) is 0 Å². The number of ether oxygens (including phenoxy) is 2. The highest BCUT2D eigenvalue weighted by molar-refractivity contribution is 14.1. The van der Waals surface area contributed by atoms with Crippen molar-refractivity contribution in [1.29, 1.82) is 0 Å². The molecule has 0 N–H and O–H groups in total. The molecule has 3 atom stereocenters. The van der Waals surface area contributed by atoms with Crippen LogP contribution < -0.4 is 0 Å². The molecule has 0 saturated heterocycles. The number of rotatable bonds is 6. The summed E-state index contributed by atoms with van der Waals surface area (Å²) in [6, 6.07) is 0. The first-order valence-electron chi connectivity index (χ1n) is 8.82. The minimum absolute atomic E-state index is 0.253. The monoisotopic (exact) mass is 439 g/mol. The zero-order chi connectivity index (χ0) is 17.7. The second-order valence-electron chi connectivity index (χ2n) is 8.00. The lowest BCUT2D eigenvalue weighted by atomic mass is 9.87. The lowest BCUT2D eigenvalue weighted by Gasteiger charge is -2.40. The van der Waals surface area contributed by atoms with Gasteiger partial charge in [0.1, 0.15) is 5.60 Å². The number of halogens is 1. The van der Waals surface area contributed by atoms with E-state index in [0.717, 1.165) is 10.8 Å². The third kappa shape index (κ3) is 7.16. The Balaban J connectivity index is 2.71. The maximum atomic E-state index is 12.4. The third-order valence-electron chi connectivity index (χ3n) is 4.31. The first-order valence-corrected chi connectivity index (χ1v) is 10.3. The Morgan fingerprint density at radius 1 is 1.22 bits per heavy atom. The van der Waals surface area contributed by atoms with Gasteiger partial charge in [-0.25, -0.2) is 4.79 Å². The Morgan fingerprint density at radius 2 is 1.83 bits per heavy atom. The molecule has 0 heterocycles. The van der Waals surface area contributed by atoms with Crippen molar-refractivity contribution in [3.8, 4) is 0 Å². The average Bonchev–Trinajstić information content (AvgIpc) is 2.45. The Bertz CT molecular complexity index is 383. The van der Waals surface area contributed by atoms with Crippen molar-refractivity contribution in [2.24, 2.45) is 5.92 Å². The first kappa shape index (κ1) is 21.0. The summed E-state index contributed by atoms with van der Waals surface area (Å²) < 4.78 is 12.9. The van der Waals surface area contributed by atoms with Crippen molar-refractivity contribution < 1.29 is 14.3 Å².